The highest BCUT2D eigenvalue weighted by atomic mass is 16.1. The van der Waals surface area contributed by atoms with E-state index >= 15 is 0 Å². The van der Waals surface area contributed by atoms with Crippen molar-refractivity contribution in [1.29, 1.82) is 5.26 Å². The third-order valence-electron chi connectivity index (χ3n) is 3.60. The van der Waals surface area contributed by atoms with E-state index in [-0.39, 0.29) is 5.91 Å². The number of carbonyl (C=O) groups excluding carboxylic acids is 1. The first-order valence-corrected chi connectivity index (χ1v) is 6.85. The van der Waals surface area contributed by atoms with Gasteiger partial charge >= 0.3 is 0 Å². The van der Waals surface area contributed by atoms with Crippen LogP contribution in [0.2, 0.25) is 0 Å². The molecular weight excluding hydrogens is 276 g/mol. The topological polar surface area (TPSA) is 81.6 Å². The fourth-order valence-corrected chi connectivity index (χ4v) is 2.40. The Labute approximate surface area is 127 Å². The molecule has 3 rings (SSSR count). The average Bonchev–Trinajstić information content (AvgIpc) is 2.88. The Kier molecular flexibility index (Phi) is 3.36. The van der Waals surface area contributed by atoms with Crippen LogP contribution < -0.4 is 5.32 Å². The van der Waals surface area contributed by atoms with Crippen molar-refractivity contribution in [2.75, 3.05) is 5.32 Å². The number of amides is 1. The highest BCUT2D eigenvalue weighted by Crippen LogP contribution is 2.21. The number of aromatic nitrogens is 2. The van der Waals surface area contributed by atoms with E-state index in [9.17, 15) is 4.79 Å². The second kappa shape index (κ2) is 5.34. The molecule has 22 heavy (non-hydrogen) atoms. The summed E-state index contributed by atoms with van der Waals surface area (Å²) >= 11 is 0. The summed E-state index contributed by atoms with van der Waals surface area (Å²) in [7, 11) is 0. The van der Waals surface area contributed by atoms with Gasteiger partial charge < -0.3 is 5.32 Å². The smallest absolute Gasteiger partial charge is 0.255 e. The molecular formula is C17H14N4O. The molecule has 5 heteroatoms. The van der Waals surface area contributed by atoms with E-state index in [4.69, 9.17) is 5.26 Å². The van der Waals surface area contributed by atoms with Gasteiger partial charge in [0, 0.05) is 22.3 Å². The van der Waals surface area contributed by atoms with E-state index < -0.39 is 0 Å². The van der Waals surface area contributed by atoms with E-state index in [0.29, 0.717) is 16.8 Å². The second-order valence-corrected chi connectivity index (χ2v) is 5.18. The molecule has 0 aliphatic heterocycles. The fraction of sp³-hybridized carbons (Fsp3) is 0.118. The predicted molar refractivity (Wildman–Crippen MR) is 84.7 cm³/mol. The Morgan fingerprint density at radius 3 is 2.77 bits per heavy atom. The molecule has 0 saturated heterocycles. The molecule has 1 aromatic heterocycles. The lowest BCUT2D eigenvalue weighted by Crippen LogP contribution is -2.13. The molecule has 0 aliphatic rings. The number of H-pyrrole nitrogens is 1. The second-order valence-electron chi connectivity index (χ2n) is 5.18. The molecule has 3 aromatic rings. The molecule has 0 saturated carbocycles. The Balaban J connectivity index is 1.89. The van der Waals surface area contributed by atoms with Crippen molar-refractivity contribution in [2.45, 2.75) is 13.8 Å². The van der Waals surface area contributed by atoms with Gasteiger partial charge in [0.05, 0.1) is 17.1 Å². The summed E-state index contributed by atoms with van der Waals surface area (Å²) in [4.78, 5) is 12.4. The van der Waals surface area contributed by atoms with Crippen LogP contribution in [0.15, 0.2) is 36.4 Å². The van der Waals surface area contributed by atoms with Crippen molar-refractivity contribution in [2.24, 2.45) is 0 Å². The minimum atomic E-state index is -0.192. The number of nitrogens with one attached hydrogen (secondary N) is 2. The first-order valence-electron chi connectivity index (χ1n) is 6.85. The molecule has 0 aliphatic carbocycles. The van der Waals surface area contributed by atoms with Gasteiger partial charge in [-0.05, 0) is 55.8 Å². The molecule has 2 aromatic carbocycles. The fourth-order valence-electron chi connectivity index (χ4n) is 2.40. The number of fused-ring (bicyclic) bond motifs is 1. The van der Waals surface area contributed by atoms with Crippen molar-refractivity contribution in [3.05, 3.63) is 58.8 Å². The van der Waals surface area contributed by atoms with E-state index in [2.05, 4.69) is 21.6 Å². The number of nitrogens with zero attached hydrogens (tertiary/aromatic N) is 2. The normalized spacial score (nSPS) is 10.4. The van der Waals surface area contributed by atoms with Gasteiger partial charge in [-0.3, -0.25) is 9.89 Å². The number of anilines is 1. The summed E-state index contributed by atoms with van der Waals surface area (Å²) in [6.45, 7) is 3.75. The molecule has 0 atom stereocenters. The molecule has 5 nitrogen and oxygen atoms in total. The number of aromatic amines is 1. The van der Waals surface area contributed by atoms with Crippen LogP contribution in [-0.2, 0) is 0 Å². The Hall–Kier alpha value is -3.13. The minimum absolute atomic E-state index is 0.192. The van der Waals surface area contributed by atoms with Crippen LogP contribution in [0.25, 0.3) is 10.9 Å². The predicted octanol–water partition coefficient (Wildman–Crippen LogP) is 3.30. The Morgan fingerprint density at radius 2 is 2.05 bits per heavy atom. The third-order valence-corrected chi connectivity index (χ3v) is 3.60. The molecule has 108 valence electrons. The van der Waals surface area contributed by atoms with Gasteiger partial charge in [-0.15, -0.1) is 0 Å². The maximum absolute atomic E-state index is 12.4. The Bertz CT molecular complexity index is 918. The monoisotopic (exact) mass is 290 g/mol. The molecule has 1 heterocycles. The molecule has 0 spiro atoms. The number of hydrogen-bond donors (Lipinski definition) is 2. The van der Waals surface area contributed by atoms with Gasteiger partial charge in [0.2, 0.25) is 0 Å². The van der Waals surface area contributed by atoms with Gasteiger partial charge in [0.25, 0.3) is 5.91 Å². The van der Waals surface area contributed by atoms with E-state index in [0.717, 1.165) is 22.2 Å². The lowest BCUT2D eigenvalue weighted by Gasteiger charge is -2.08. The van der Waals surface area contributed by atoms with Crippen LogP contribution >= 0.6 is 0 Å². The van der Waals surface area contributed by atoms with Gasteiger partial charge in [0.15, 0.2) is 0 Å². The zero-order valence-electron chi connectivity index (χ0n) is 12.3. The van der Waals surface area contributed by atoms with Crippen molar-refractivity contribution >= 4 is 22.5 Å². The van der Waals surface area contributed by atoms with Gasteiger partial charge in [0.1, 0.15) is 0 Å². The quantitative estimate of drug-likeness (QED) is 0.759. The molecule has 1 amide bonds. The van der Waals surface area contributed by atoms with Crippen LogP contribution in [0.4, 0.5) is 5.69 Å². The molecule has 0 fully saturated rings. The van der Waals surface area contributed by atoms with Crippen LogP contribution in [0, 0.1) is 25.2 Å². The van der Waals surface area contributed by atoms with E-state index in [1.807, 2.05) is 32.0 Å². The zero-order valence-corrected chi connectivity index (χ0v) is 12.3. The lowest BCUT2D eigenvalue weighted by molar-refractivity contribution is 0.102. The maximum atomic E-state index is 12.4. The molecule has 0 bridgehead atoms. The Morgan fingerprint density at radius 1 is 1.23 bits per heavy atom. The van der Waals surface area contributed by atoms with Crippen LogP contribution in [0.1, 0.15) is 27.2 Å². The van der Waals surface area contributed by atoms with Crippen LogP contribution in [-0.4, -0.2) is 16.1 Å². The summed E-state index contributed by atoms with van der Waals surface area (Å²) in [5.41, 5.74) is 4.42. The van der Waals surface area contributed by atoms with Crippen LogP contribution in [0.5, 0.6) is 0 Å². The number of rotatable bonds is 2. The number of hydrogen-bond acceptors (Lipinski definition) is 3. The van der Waals surface area contributed by atoms with E-state index in [1.165, 1.54) is 0 Å². The SMILES string of the molecule is Cc1cc(C#N)ccc1C(=O)Nc1ccc2n[nH]c(C)c2c1. The van der Waals surface area contributed by atoms with Crippen LogP contribution in [0.3, 0.4) is 0 Å². The number of carbonyl (C=O) groups is 1. The average molecular weight is 290 g/mol. The lowest BCUT2D eigenvalue weighted by atomic mass is 10.0. The number of aryl methyl sites for hydroxylation is 2. The van der Waals surface area contributed by atoms with Gasteiger partial charge in [-0.2, -0.15) is 10.4 Å². The van der Waals surface area contributed by atoms with Gasteiger partial charge in [-0.25, -0.2) is 0 Å². The summed E-state index contributed by atoms with van der Waals surface area (Å²) in [6.07, 6.45) is 0. The van der Waals surface area contributed by atoms with Crippen molar-refractivity contribution < 1.29 is 4.79 Å². The first kappa shape index (κ1) is 13.8. The highest BCUT2D eigenvalue weighted by molar-refractivity contribution is 6.06. The molecule has 0 radical (unpaired) electrons. The highest BCUT2D eigenvalue weighted by Gasteiger charge is 2.11. The summed E-state index contributed by atoms with van der Waals surface area (Å²) in [5, 5.41) is 19.8. The summed E-state index contributed by atoms with van der Waals surface area (Å²) in [6, 6.07) is 12.7. The number of benzene rings is 2. The van der Waals surface area contributed by atoms with Gasteiger partial charge in [-0.1, -0.05) is 0 Å². The third kappa shape index (κ3) is 2.42. The number of nitriles is 1. The van der Waals surface area contributed by atoms with Crippen molar-refractivity contribution in [3.63, 3.8) is 0 Å². The van der Waals surface area contributed by atoms with Crippen molar-refractivity contribution in [1.82, 2.24) is 10.2 Å². The maximum Gasteiger partial charge on any atom is 0.255 e. The molecule has 0 unspecified atom stereocenters. The van der Waals surface area contributed by atoms with E-state index in [1.54, 1.807) is 18.2 Å². The largest absolute Gasteiger partial charge is 0.322 e. The first-order chi connectivity index (χ1) is 10.6. The molecule has 2 N–H and O–H groups in total. The van der Waals surface area contributed by atoms with Crippen molar-refractivity contribution in [3.8, 4) is 6.07 Å². The zero-order chi connectivity index (χ0) is 15.7. The summed E-state index contributed by atoms with van der Waals surface area (Å²) in [5.74, 6) is -0.192. The summed E-state index contributed by atoms with van der Waals surface area (Å²) < 4.78 is 0. The minimum Gasteiger partial charge on any atom is -0.322 e. The standard InChI is InChI=1S/C17H14N4O/c1-10-7-12(9-18)3-5-14(10)17(22)19-13-4-6-16-15(8-13)11(2)20-21-16/h3-8H,1-2H3,(H,19,22)(H,20,21).